The van der Waals surface area contributed by atoms with Crippen molar-refractivity contribution in [2.45, 2.75) is 18.4 Å². The second-order valence-corrected chi connectivity index (χ2v) is 6.07. The molecule has 0 atom stereocenters. The van der Waals surface area contributed by atoms with Gasteiger partial charge in [0.2, 0.25) is 0 Å². The van der Waals surface area contributed by atoms with Crippen LogP contribution in [0.3, 0.4) is 0 Å². The van der Waals surface area contributed by atoms with E-state index in [1.165, 1.54) is 16.2 Å². The van der Waals surface area contributed by atoms with Gasteiger partial charge in [0, 0.05) is 45.0 Å². The first-order chi connectivity index (χ1) is 10.0. The summed E-state index contributed by atoms with van der Waals surface area (Å²) in [5.74, 6) is 5.20. The third kappa shape index (κ3) is 4.29. The van der Waals surface area contributed by atoms with Crippen LogP contribution in [-0.2, 0) is 4.74 Å². The van der Waals surface area contributed by atoms with Crippen molar-refractivity contribution in [3.05, 3.63) is 21.9 Å². The van der Waals surface area contributed by atoms with Gasteiger partial charge in [-0.25, -0.2) is 0 Å². The van der Waals surface area contributed by atoms with E-state index in [9.17, 15) is 9.90 Å². The number of carbonyl (C=O) groups is 1. The van der Waals surface area contributed by atoms with Gasteiger partial charge in [0.25, 0.3) is 5.91 Å². The molecule has 2 N–H and O–H groups in total. The molecule has 2 heterocycles. The first-order valence-electron chi connectivity index (χ1n) is 6.78. The lowest BCUT2D eigenvalue weighted by molar-refractivity contribution is -0.0734. The molecule has 0 aromatic carbocycles. The van der Waals surface area contributed by atoms with E-state index in [2.05, 4.69) is 11.8 Å². The zero-order valence-electron chi connectivity index (χ0n) is 12.0. The number of nitrogens with zero attached hydrogens (tertiary/aromatic N) is 1. The van der Waals surface area contributed by atoms with Gasteiger partial charge in [-0.2, -0.15) is 0 Å². The first kappa shape index (κ1) is 16.0. The Balaban J connectivity index is 2.00. The lowest BCUT2D eigenvalue weighted by Crippen LogP contribution is -2.47. The summed E-state index contributed by atoms with van der Waals surface area (Å²) in [5, 5.41) is 20.8. The summed E-state index contributed by atoms with van der Waals surface area (Å²) in [5.41, 5.74) is -0.307. The molecule has 6 heteroatoms. The van der Waals surface area contributed by atoms with Crippen molar-refractivity contribution in [1.29, 1.82) is 0 Å². The average molecular weight is 309 g/mol. The van der Waals surface area contributed by atoms with Gasteiger partial charge >= 0.3 is 0 Å². The Labute approximate surface area is 128 Å². The molecule has 0 aliphatic carbocycles. The Morgan fingerprint density at radius 3 is 2.90 bits per heavy atom. The summed E-state index contributed by atoms with van der Waals surface area (Å²) >= 11 is 1.37. The van der Waals surface area contributed by atoms with Crippen LogP contribution in [0.5, 0.6) is 0 Å². The molecule has 21 heavy (non-hydrogen) atoms. The molecule has 1 aliphatic heterocycles. The molecular weight excluding hydrogens is 290 g/mol. The van der Waals surface area contributed by atoms with Crippen molar-refractivity contribution in [3.8, 4) is 11.8 Å². The monoisotopic (exact) mass is 309 g/mol. The number of thiophene rings is 1. The minimum Gasteiger partial charge on any atom is -0.388 e. The lowest BCUT2D eigenvalue weighted by atomic mass is 9.94. The average Bonchev–Trinajstić information content (AvgIpc) is 2.93. The molecule has 5 nitrogen and oxygen atoms in total. The minimum atomic E-state index is -0.863. The van der Waals surface area contributed by atoms with E-state index in [0.29, 0.717) is 38.2 Å². The molecule has 114 valence electrons. The highest BCUT2D eigenvalue weighted by atomic mass is 32.1. The van der Waals surface area contributed by atoms with E-state index in [1.54, 1.807) is 18.5 Å². The number of aliphatic hydroxyl groups excluding tert-OH is 1. The van der Waals surface area contributed by atoms with Gasteiger partial charge in [-0.05, 0) is 6.07 Å². The van der Waals surface area contributed by atoms with Crippen LogP contribution in [0.15, 0.2) is 11.4 Å². The van der Waals surface area contributed by atoms with Gasteiger partial charge in [-0.3, -0.25) is 4.79 Å². The number of aliphatic hydroxyl groups is 2. The maximum absolute atomic E-state index is 12.3. The zero-order chi connectivity index (χ0) is 15.3. The van der Waals surface area contributed by atoms with Crippen LogP contribution < -0.4 is 0 Å². The smallest absolute Gasteiger partial charge is 0.254 e. The molecule has 1 fully saturated rings. The standard InChI is InChI=1S/C15H19NO4S/c1-16(11-15(19)4-7-20-8-5-15)14(18)12-9-13(21-10-12)3-2-6-17/h9-10,17,19H,4-8,11H2,1H3. The second-order valence-electron chi connectivity index (χ2n) is 5.16. The van der Waals surface area contributed by atoms with Gasteiger partial charge in [0.05, 0.1) is 16.0 Å². The third-order valence-electron chi connectivity index (χ3n) is 3.44. The molecule has 1 aromatic rings. The predicted octanol–water partition coefficient (Wildman–Crippen LogP) is 0.705. The van der Waals surface area contributed by atoms with Gasteiger partial charge in [0.1, 0.15) is 6.61 Å². The number of hydrogen-bond acceptors (Lipinski definition) is 5. The Morgan fingerprint density at radius 2 is 2.24 bits per heavy atom. The predicted molar refractivity (Wildman–Crippen MR) is 80.2 cm³/mol. The Kier molecular flexibility index (Phi) is 5.37. The number of ether oxygens (including phenoxy) is 1. The van der Waals surface area contributed by atoms with Crippen molar-refractivity contribution in [2.75, 3.05) is 33.4 Å². The largest absolute Gasteiger partial charge is 0.388 e. The molecule has 1 aliphatic rings. The normalized spacial score (nSPS) is 16.9. The van der Waals surface area contributed by atoms with Crippen molar-refractivity contribution in [3.63, 3.8) is 0 Å². The molecule has 0 unspecified atom stereocenters. The zero-order valence-corrected chi connectivity index (χ0v) is 12.8. The number of hydrogen-bond donors (Lipinski definition) is 2. The molecule has 1 aromatic heterocycles. The lowest BCUT2D eigenvalue weighted by Gasteiger charge is -2.35. The van der Waals surface area contributed by atoms with Gasteiger partial charge in [0.15, 0.2) is 0 Å². The van der Waals surface area contributed by atoms with Crippen molar-refractivity contribution in [1.82, 2.24) is 4.90 Å². The van der Waals surface area contributed by atoms with Gasteiger partial charge in [-0.15, -0.1) is 11.3 Å². The van der Waals surface area contributed by atoms with E-state index >= 15 is 0 Å². The van der Waals surface area contributed by atoms with Gasteiger partial charge < -0.3 is 19.8 Å². The highest BCUT2D eigenvalue weighted by Crippen LogP contribution is 2.22. The molecule has 1 saturated heterocycles. The first-order valence-corrected chi connectivity index (χ1v) is 7.66. The fourth-order valence-electron chi connectivity index (χ4n) is 2.28. The van der Waals surface area contributed by atoms with Crippen LogP contribution in [-0.4, -0.2) is 60.0 Å². The van der Waals surface area contributed by atoms with Crippen molar-refractivity contribution >= 4 is 17.2 Å². The summed E-state index contributed by atoms with van der Waals surface area (Å²) in [7, 11) is 1.69. The Morgan fingerprint density at radius 1 is 1.52 bits per heavy atom. The molecule has 0 radical (unpaired) electrons. The van der Waals surface area contributed by atoms with Crippen LogP contribution in [0.1, 0.15) is 28.1 Å². The maximum Gasteiger partial charge on any atom is 0.254 e. The Hall–Kier alpha value is -1.39. The SMILES string of the molecule is CN(CC1(O)CCOCC1)C(=O)c1csc(C#CCO)c1. The third-order valence-corrected chi connectivity index (χ3v) is 4.28. The van der Waals surface area contributed by atoms with E-state index in [0.717, 1.165) is 4.88 Å². The summed E-state index contributed by atoms with van der Waals surface area (Å²) in [6.07, 6.45) is 1.09. The molecular formula is C15H19NO4S. The summed E-state index contributed by atoms with van der Waals surface area (Å²) in [6.45, 7) is 1.15. The quantitative estimate of drug-likeness (QED) is 0.807. The van der Waals surface area contributed by atoms with E-state index in [4.69, 9.17) is 9.84 Å². The maximum atomic E-state index is 12.3. The molecule has 2 rings (SSSR count). The van der Waals surface area contributed by atoms with Crippen molar-refractivity contribution in [2.24, 2.45) is 0 Å². The van der Waals surface area contributed by atoms with Crippen LogP contribution in [0.2, 0.25) is 0 Å². The van der Waals surface area contributed by atoms with Crippen LogP contribution in [0.25, 0.3) is 0 Å². The highest BCUT2D eigenvalue weighted by molar-refractivity contribution is 7.10. The Bertz CT molecular complexity index is 552. The minimum absolute atomic E-state index is 0.136. The molecule has 0 bridgehead atoms. The highest BCUT2D eigenvalue weighted by Gasteiger charge is 2.32. The van der Waals surface area contributed by atoms with Crippen LogP contribution in [0, 0.1) is 11.8 Å². The fourth-order valence-corrected chi connectivity index (χ4v) is 3.03. The fraction of sp³-hybridized carbons (Fsp3) is 0.533. The molecule has 1 amide bonds. The van der Waals surface area contributed by atoms with E-state index in [1.807, 2.05) is 0 Å². The summed E-state index contributed by atoms with van der Waals surface area (Å²) in [6, 6.07) is 1.71. The van der Waals surface area contributed by atoms with Gasteiger partial charge in [-0.1, -0.05) is 11.8 Å². The number of rotatable bonds is 3. The topological polar surface area (TPSA) is 70.0 Å². The van der Waals surface area contributed by atoms with Crippen LogP contribution in [0.4, 0.5) is 0 Å². The molecule has 0 saturated carbocycles. The molecule has 0 spiro atoms. The second kappa shape index (κ2) is 7.05. The number of amides is 1. The number of likely N-dealkylation sites (N-methyl/N-ethyl adjacent to an activating group) is 1. The van der Waals surface area contributed by atoms with Crippen LogP contribution >= 0.6 is 11.3 Å². The van der Waals surface area contributed by atoms with E-state index < -0.39 is 5.60 Å². The van der Waals surface area contributed by atoms with E-state index in [-0.39, 0.29) is 12.5 Å². The summed E-state index contributed by atoms with van der Waals surface area (Å²) in [4.78, 5) is 14.6. The number of carbonyl (C=O) groups excluding carboxylic acids is 1. The summed E-state index contributed by atoms with van der Waals surface area (Å²) < 4.78 is 5.24. The van der Waals surface area contributed by atoms with Crippen molar-refractivity contribution < 1.29 is 19.7 Å².